The predicted molar refractivity (Wildman–Crippen MR) is 163 cm³/mol. The van der Waals surface area contributed by atoms with E-state index in [1.807, 2.05) is 29.1 Å². The summed E-state index contributed by atoms with van der Waals surface area (Å²) in [6.45, 7) is 7.93. The van der Waals surface area contributed by atoms with Crippen molar-refractivity contribution in [3.63, 3.8) is 0 Å². The Morgan fingerprint density at radius 3 is 2.77 bits per heavy atom. The SMILES string of the molecule is C=CC(=O)N1CCn2nc(-c3nc(C4CC4CN(C)C)c4ccsc4c3-c3c(F)cc(F)cc3OCCOC)cc2C1C. The highest BCUT2D eigenvalue weighted by atomic mass is 32.1. The Morgan fingerprint density at radius 2 is 2.02 bits per heavy atom. The Bertz CT molecular complexity index is 1700. The van der Waals surface area contributed by atoms with Gasteiger partial charge in [0.1, 0.15) is 35.4 Å². The van der Waals surface area contributed by atoms with Crippen molar-refractivity contribution in [1.82, 2.24) is 24.6 Å². The van der Waals surface area contributed by atoms with Crippen LogP contribution in [0.3, 0.4) is 0 Å². The summed E-state index contributed by atoms with van der Waals surface area (Å²) in [5.74, 6) is -0.806. The van der Waals surface area contributed by atoms with Crippen molar-refractivity contribution in [3.05, 3.63) is 65.3 Å². The molecule has 0 saturated heterocycles. The zero-order valence-corrected chi connectivity index (χ0v) is 25.6. The van der Waals surface area contributed by atoms with Crippen LogP contribution >= 0.6 is 11.3 Å². The first kappa shape index (κ1) is 29.4. The largest absolute Gasteiger partial charge is 0.490 e. The monoisotopic (exact) mass is 607 g/mol. The second-order valence-corrected chi connectivity index (χ2v) is 12.4. The number of aromatic nitrogens is 3. The van der Waals surface area contributed by atoms with Crippen LogP contribution in [-0.4, -0.2) is 78.0 Å². The van der Waals surface area contributed by atoms with Gasteiger partial charge < -0.3 is 19.3 Å². The lowest BCUT2D eigenvalue weighted by Crippen LogP contribution is -2.40. The Morgan fingerprint density at radius 1 is 1.21 bits per heavy atom. The van der Waals surface area contributed by atoms with Gasteiger partial charge in [-0.1, -0.05) is 6.58 Å². The molecule has 3 unspecified atom stereocenters. The van der Waals surface area contributed by atoms with Crippen LogP contribution in [0.4, 0.5) is 8.78 Å². The molecule has 11 heteroatoms. The van der Waals surface area contributed by atoms with Gasteiger partial charge in [0.05, 0.1) is 36.1 Å². The summed E-state index contributed by atoms with van der Waals surface area (Å²) >= 11 is 1.50. The highest BCUT2D eigenvalue weighted by Gasteiger charge is 2.42. The summed E-state index contributed by atoms with van der Waals surface area (Å²) in [6, 6.07) is 5.81. The molecule has 1 aromatic carbocycles. The van der Waals surface area contributed by atoms with Gasteiger partial charge in [0.25, 0.3) is 0 Å². The molecule has 4 heterocycles. The quantitative estimate of drug-likeness (QED) is 0.166. The number of amides is 1. The van der Waals surface area contributed by atoms with Gasteiger partial charge in [0.2, 0.25) is 5.91 Å². The molecule has 1 fully saturated rings. The number of halogens is 2. The van der Waals surface area contributed by atoms with E-state index in [1.165, 1.54) is 23.5 Å². The van der Waals surface area contributed by atoms with Gasteiger partial charge in [-0.05, 0) is 56.9 Å². The minimum atomic E-state index is -0.741. The first-order valence-corrected chi connectivity index (χ1v) is 15.3. The molecular weight excluding hydrogens is 572 g/mol. The number of carbonyl (C=O) groups is 1. The maximum Gasteiger partial charge on any atom is 0.246 e. The topological polar surface area (TPSA) is 72.7 Å². The van der Waals surface area contributed by atoms with E-state index >= 15 is 4.39 Å². The number of thiophene rings is 1. The number of hydrogen-bond acceptors (Lipinski definition) is 7. The zero-order chi connectivity index (χ0) is 30.4. The first-order valence-electron chi connectivity index (χ1n) is 14.4. The Labute approximate surface area is 253 Å². The number of carbonyl (C=O) groups excluding carboxylic acids is 1. The summed E-state index contributed by atoms with van der Waals surface area (Å²) in [5, 5.41) is 7.88. The van der Waals surface area contributed by atoms with Crippen LogP contribution < -0.4 is 4.74 Å². The van der Waals surface area contributed by atoms with Gasteiger partial charge in [-0.3, -0.25) is 9.48 Å². The number of hydrogen-bond donors (Lipinski definition) is 0. The lowest BCUT2D eigenvalue weighted by molar-refractivity contribution is -0.129. The van der Waals surface area contributed by atoms with Crippen molar-refractivity contribution in [3.8, 4) is 28.3 Å². The van der Waals surface area contributed by atoms with Crippen molar-refractivity contribution >= 4 is 27.3 Å². The molecule has 1 saturated carbocycles. The van der Waals surface area contributed by atoms with E-state index in [0.717, 1.165) is 40.5 Å². The number of ether oxygens (including phenoxy) is 2. The first-order chi connectivity index (χ1) is 20.7. The lowest BCUT2D eigenvalue weighted by Gasteiger charge is -2.33. The van der Waals surface area contributed by atoms with E-state index in [0.29, 0.717) is 36.0 Å². The van der Waals surface area contributed by atoms with Crippen LogP contribution in [0.1, 0.15) is 36.7 Å². The van der Waals surface area contributed by atoms with E-state index in [9.17, 15) is 9.18 Å². The normalized spacial score (nSPS) is 19.6. The molecule has 0 bridgehead atoms. The second kappa shape index (κ2) is 11.8. The standard InChI is InChI=1S/C32H35F2N5O3S/c1-6-27(40)38-8-9-39-25(18(38)2)16-24(36-39)31-29(28-23(34)14-20(33)15-26(28)42-11-10-41-5)32-21(7-12-43-32)30(35-31)22-13-19(22)17-37(3)4/h6-7,12,14-16,18-19,22H,1,8-11,13,17H2,2-5H3. The van der Waals surface area contributed by atoms with Crippen molar-refractivity contribution < 1.29 is 23.0 Å². The average molecular weight is 608 g/mol. The predicted octanol–water partition coefficient (Wildman–Crippen LogP) is 5.88. The molecule has 0 spiro atoms. The van der Waals surface area contributed by atoms with E-state index < -0.39 is 11.6 Å². The van der Waals surface area contributed by atoms with Gasteiger partial charge in [-0.15, -0.1) is 11.3 Å². The fourth-order valence-electron chi connectivity index (χ4n) is 6.18. The molecule has 226 valence electrons. The number of rotatable bonds is 10. The molecule has 0 N–H and O–H groups in total. The molecule has 43 heavy (non-hydrogen) atoms. The second-order valence-electron chi connectivity index (χ2n) is 11.4. The van der Waals surface area contributed by atoms with Crippen molar-refractivity contribution in [1.29, 1.82) is 0 Å². The minimum absolute atomic E-state index is 0.0806. The molecule has 6 rings (SSSR count). The number of nitrogens with zero attached hydrogens (tertiary/aromatic N) is 5. The highest BCUT2D eigenvalue weighted by Crippen LogP contribution is 2.53. The molecule has 0 radical (unpaired) electrons. The molecule has 8 nitrogen and oxygen atoms in total. The van der Waals surface area contributed by atoms with Crippen molar-refractivity contribution in [2.45, 2.75) is 31.8 Å². The lowest BCUT2D eigenvalue weighted by atomic mass is 9.96. The number of pyridine rings is 1. The third kappa shape index (κ3) is 5.45. The fraction of sp³-hybridized carbons (Fsp3) is 0.406. The van der Waals surface area contributed by atoms with Crippen molar-refractivity contribution in [2.24, 2.45) is 5.92 Å². The number of benzene rings is 1. The molecule has 1 aliphatic carbocycles. The molecule has 2 aliphatic rings. The van der Waals surface area contributed by atoms with E-state index in [2.05, 4.69) is 25.6 Å². The summed E-state index contributed by atoms with van der Waals surface area (Å²) < 4.78 is 44.2. The molecular formula is C32H35F2N5O3S. The average Bonchev–Trinajstić information content (AvgIpc) is 3.33. The third-order valence-electron chi connectivity index (χ3n) is 8.28. The Kier molecular flexibility index (Phi) is 8.06. The third-order valence-corrected chi connectivity index (χ3v) is 9.22. The van der Waals surface area contributed by atoms with Gasteiger partial charge in [0.15, 0.2) is 0 Å². The number of fused-ring (bicyclic) bond motifs is 2. The maximum atomic E-state index is 15.9. The molecule has 4 aromatic rings. The van der Waals surface area contributed by atoms with Crippen LogP contribution in [0.5, 0.6) is 5.75 Å². The molecule has 3 aromatic heterocycles. The molecule has 3 atom stereocenters. The smallest absolute Gasteiger partial charge is 0.246 e. The Balaban J connectivity index is 1.57. The van der Waals surface area contributed by atoms with E-state index in [4.69, 9.17) is 19.6 Å². The molecule has 1 aliphatic heterocycles. The van der Waals surface area contributed by atoms with Crippen molar-refractivity contribution in [2.75, 3.05) is 47.5 Å². The summed E-state index contributed by atoms with van der Waals surface area (Å²) in [7, 11) is 5.67. The minimum Gasteiger partial charge on any atom is -0.490 e. The van der Waals surface area contributed by atoms with Crippen LogP contribution in [0.15, 0.2) is 42.3 Å². The zero-order valence-electron chi connectivity index (χ0n) is 24.8. The Hall–Kier alpha value is -3.67. The van der Waals surface area contributed by atoms with E-state index in [1.54, 1.807) is 12.0 Å². The van der Waals surface area contributed by atoms with Gasteiger partial charge in [-0.2, -0.15) is 5.10 Å². The van der Waals surface area contributed by atoms with E-state index in [-0.39, 0.29) is 42.4 Å². The van der Waals surface area contributed by atoms with Gasteiger partial charge in [0, 0.05) is 53.9 Å². The van der Waals surface area contributed by atoms with Gasteiger partial charge >= 0.3 is 0 Å². The maximum absolute atomic E-state index is 15.9. The fourth-order valence-corrected chi connectivity index (χ4v) is 7.14. The van der Waals surface area contributed by atoms with Crippen LogP contribution in [0.25, 0.3) is 32.6 Å². The summed E-state index contributed by atoms with van der Waals surface area (Å²) in [4.78, 5) is 21.7. The number of methoxy groups -OCH3 is 1. The van der Waals surface area contributed by atoms with Gasteiger partial charge in [-0.25, -0.2) is 13.8 Å². The molecule has 1 amide bonds. The highest BCUT2D eigenvalue weighted by molar-refractivity contribution is 7.17. The summed E-state index contributed by atoms with van der Waals surface area (Å²) in [5.41, 5.74) is 3.56. The van der Waals surface area contributed by atoms with Crippen LogP contribution in [0, 0.1) is 17.6 Å². The van der Waals surface area contributed by atoms with Crippen LogP contribution in [0.2, 0.25) is 0 Å². The summed E-state index contributed by atoms with van der Waals surface area (Å²) in [6.07, 6.45) is 2.34. The van der Waals surface area contributed by atoms with Crippen LogP contribution in [-0.2, 0) is 16.1 Å².